The molecular formula is C19H40IN5O. The first-order valence-electron chi connectivity index (χ1n) is 10.1. The molecule has 0 aromatic rings. The molecule has 0 unspecified atom stereocenters. The predicted octanol–water partition coefficient (Wildman–Crippen LogP) is 2.14. The average molecular weight is 481 g/mol. The molecule has 1 aliphatic carbocycles. The molecule has 26 heavy (non-hydrogen) atoms. The zero-order chi connectivity index (χ0) is 17.9. The van der Waals surface area contributed by atoms with E-state index >= 15 is 0 Å². The molecule has 6 nitrogen and oxygen atoms in total. The van der Waals surface area contributed by atoms with Crippen LogP contribution in [0.3, 0.4) is 0 Å². The van der Waals surface area contributed by atoms with E-state index in [4.69, 9.17) is 4.74 Å². The van der Waals surface area contributed by atoms with Gasteiger partial charge in [0.2, 0.25) is 0 Å². The van der Waals surface area contributed by atoms with Gasteiger partial charge in [-0.3, -0.25) is 4.99 Å². The third-order valence-corrected chi connectivity index (χ3v) is 5.68. The monoisotopic (exact) mass is 481 g/mol. The summed E-state index contributed by atoms with van der Waals surface area (Å²) in [6, 6.07) is 1.33. The number of rotatable bonds is 9. The molecule has 1 saturated carbocycles. The summed E-state index contributed by atoms with van der Waals surface area (Å²) in [6.07, 6.45) is 9.04. The SMILES string of the molecule is CN=C(NCCN(C)C1CCCC1)NC1CCN(CCCOC)CC1.I. The number of ether oxygens (including phenoxy) is 1. The molecule has 1 aliphatic heterocycles. The Morgan fingerprint density at radius 1 is 1.19 bits per heavy atom. The Kier molecular flexibility index (Phi) is 12.8. The normalized spacial score (nSPS) is 20.4. The molecule has 0 bridgehead atoms. The first-order valence-corrected chi connectivity index (χ1v) is 10.1. The molecular weight excluding hydrogens is 441 g/mol. The number of likely N-dealkylation sites (tertiary alicyclic amines) is 1. The van der Waals surface area contributed by atoms with Crippen LogP contribution in [0.5, 0.6) is 0 Å². The maximum atomic E-state index is 5.14. The molecule has 1 heterocycles. The van der Waals surface area contributed by atoms with E-state index < -0.39 is 0 Å². The minimum atomic E-state index is 0. The number of hydrogen-bond acceptors (Lipinski definition) is 4. The van der Waals surface area contributed by atoms with Crippen molar-refractivity contribution in [2.75, 3.05) is 60.5 Å². The molecule has 0 atom stereocenters. The van der Waals surface area contributed by atoms with E-state index in [1.807, 2.05) is 7.05 Å². The van der Waals surface area contributed by atoms with Crippen molar-refractivity contribution < 1.29 is 4.74 Å². The van der Waals surface area contributed by atoms with Crippen LogP contribution < -0.4 is 10.6 Å². The van der Waals surface area contributed by atoms with Gasteiger partial charge >= 0.3 is 0 Å². The molecule has 0 radical (unpaired) electrons. The summed E-state index contributed by atoms with van der Waals surface area (Å²) in [5, 5.41) is 7.10. The highest BCUT2D eigenvalue weighted by Gasteiger charge is 2.21. The highest BCUT2D eigenvalue weighted by atomic mass is 127. The van der Waals surface area contributed by atoms with Crippen molar-refractivity contribution in [1.29, 1.82) is 0 Å². The van der Waals surface area contributed by atoms with Crippen LogP contribution >= 0.6 is 24.0 Å². The van der Waals surface area contributed by atoms with Gasteiger partial charge in [-0.25, -0.2) is 0 Å². The Hall–Kier alpha value is -0.120. The summed E-state index contributed by atoms with van der Waals surface area (Å²) in [6.45, 7) is 6.41. The molecule has 7 heteroatoms. The molecule has 154 valence electrons. The van der Waals surface area contributed by atoms with Crippen LogP contribution in [0.15, 0.2) is 4.99 Å². The van der Waals surface area contributed by atoms with Gasteiger partial charge in [0.05, 0.1) is 0 Å². The first kappa shape index (κ1) is 23.9. The number of guanidine groups is 1. The fraction of sp³-hybridized carbons (Fsp3) is 0.947. The Morgan fingerprint density at radius 3 is 2.50 bits per heavy atom. The van der Waals surface area contributed by atoms with Crippen LogP contribution in [0.25, 0.3) is 0 Å². The molecule has 2 rings (SSSR count). The van der Waals surface area contributed by atoms with Gasteiger partial charge < -0.3 is 25.2 Å². The lowest BCUT2D eigenvalue weighted by Gasteiger charge is -2.33. The summed E-state index contributed by atoms with van der Waals surface area (Å²) in [5.74, 6) is 0.956. The van der Waals surface area contributed by atoms with E-state index in [1.54, 1.807) is 7.11 Å². The van der Waals surface area contributed by atoms with E-state index in [9.17, 15) is 0 Å². The number of likely N-dealkylation sites (N-methyl/N-ethyl adjacent to an activating group) is 1. The lowest BCUT2D eigenvalue weighted by atomic mass is 10.1. The second-order valence-electron chi connectivity index (χ2n) is 7.52. The van der Waals surface area contributed by atoms with Crippen molar-refractivity contribution in [3.8, 4) is 0 Å². The third kappa shape index (κ3) is 8.71. The smallest absolute Gasteiger partial charge is 0.191 e. The van der Waals surface area contributed by atoms with Crippen molar-refractivity contribution in [2.45, 2.75) is 57.0 Å². The average Bonchev–Trinajstić information content (AvgIpc) is 3.17. The highest BCUT2D eigenvalue weighted by Crippen LogP contribution is 2.21. The summed E-state index contributed by atoms with van der Waals surface area (Å²) in [5.41, 5.74) is 0. The van der Waals surface area contributed by atoms with E-state index in [0.717, 1.165) is 44.7 Å². The van der Waals surface area contributed by atoms with Gasteiger partial charge in [0.25, 0.3) is 0 Å². The fourth-order valence-electron chi connectivity index (χ4n) is 4.00. The molecule has 2 N–H and O–H groups in total. The predicted molar refractivity (Wildman–Crippen MR) is 121 cm³/mol. The quantitative estimate of drug-likeness (QED) is 0.229. The second kappa shape index (κ2) is 14.0. The zero-order valence-electron chi connectivity index (χ0n) is 17.0. The summed E-state index contributed by atoms with van der Waals surface area (Å²) in [4.78, 5) is 9.45. The topological polar surface area (TPSA) is 52.1 Å². The first-order chi connectivity index (χ1) is 12.2. The van der Waals surface area contributed by atoms with Crippen molar-refractivity contribution in [2.24, 2.45) is 4.99 Å². The molecule has 2 fully saturated rings. The third-order valence-electron chi connectivity index (χ3n) is 5.68. The Bertz CT molecular complexity index is 382. The molecule has 1 saturated heterocycles. The van der Waals surface area contributed by atoms with Crippen LogP contribution in [0.1, 0.15) is 44.9 Å². The van der Waals surface area contributed by atoms with Crippen molar-refractivity contribution in [3.05, 3.63) is 0 Å². The van der Waals surface area contributed by atoms with Crippen molar-refractivity contribution in [1.82, 2.24) is 20.4 Å². The molecule has 0 spiro atoms. The number of piperidine rings is 1. The number of methoxy groups -OCH3 is 1. The van der Waals surface area contributed by atoms with E-state index in [0.29, 0.717) is 6.04 Å². The summed E-state index contributed by atoms with van der Waals surface area (Å²) in [7, 11) is 5.91. The van der Waals surface area contributed by atoms with E-state index in [1.165, 1.54) is 51.6 Å². The van der Waals surface area contributed by atoms with Gasteiger partial charge in [-0.2, -0.15) is 0 Å². The molecule has 0 aromatic heterocycles. The van der Waals surface area contributed by atoms with Crippen LogP contribution in [-0.4, -0.2) is 88.4 Å². The van der Waals surface area contributed by atoms with Crippen LogP contribution in [0.2, 0.25) is 0 Å². The fourth-order valence-corrected chi connectivity index (χ4v) is 4.00. The lowest BCUT2D eigenvalue weighted by Crippen LogP contribution is -2.50. The molecule has 0 amide bonds. The molecule has 0 aromatic carbocycles. The van der Waals surface area contributed by atoms with Gasteiger partial charge in [0.1, 0.15) is 0 Å². The minimum absolute atomic E-state index is 0. The Morgan fingerprint density at radius 2 is 1.88 bits per heavy atom. The lowest BCUT2D eigenvalue weighted by molar-refractivity contribution is 0.155. The number of halogens is 1. The Labute approximate surface area is 177 Å². The van der Waals surface area contributed by atoms with Gasteiger partial charge in [-0.1, -0.05) is 12.8 Å². The molecule has 2 aliphatic rings. The van der Waals surface area contributed by atoms with Gasteiger partial charge in [-0.05, 0) is 39.2 Å². The van der Waals surface area contributed by atoms with E-state index in [-0.39, 0.29) is 24.0 Å². The maximum Gasteiger partial charge on any atom is 0.191 e. The van der Waals surface area contributed by atoms with Gasteiger partial charge in [0.15, 0.2) is 5.96 Å². The van der Waals surface area contributed by atoms with Crippen LogP contribution in [-0.2, 0) is 4.74 Å². The summed E-state index contributed by atoms with van der Waals surface area (Å²) >= 11 is 0. The van der Waals surface area contributed by atoms with Crippen molar-refractivity contribution >= 4 is 29.9 Å². The standard InChI is InChI=1S/C19H39N5O.HI/c1-20-19(21-11-15-23(2)18-7-4-5-8-18)22-17-9-13-24(14-10-17)12-6-16-25-3;/h17-18H,4-16H2,1-3H3,(H2,20,21,22);1H. The second-order valence-corrected chi connectivity index (χ2v) is 7.52. The number of hydrogen-bond donors (Lipinski definition) is 2. The summed E-state index contributed by atoms with van der Waals surface area (Å²) < 4.78 is 5.14. The largest absolute Gasteiger partial charge is 0.385 e. The van der Waals surface area contributed by atoms with Crippen LogP contribution in [0.4, 0.5) is 0 Å². The highest BCUT2D eigenvalue weighted by molar-refractivity contribution is 14.0. The number of aliphatic imine (C=N–C) groups is 1. The minimum Gasteiger partial charge on any atom is -0.385 e. The van der Waals surface area contributed by atoms with Gasteiger partial charge in [-0.15, -0.1) is 24.0 Å². The number of nitrogens with zero attached hydrogens (tertiary/aromatic N) is 3. The Balaban J connectivity index is 0.00000338. The van der Waals surface area contributed by atoms with Crippen molar-refractivity contribution in [3.63, 3.8) is 0 Å². The van der Waals surface area contributed by atoms with E-state index in [2.05, 4.69) is 32.5 Å². The van der Waals surface area contributed by atoms with Crippen LogP contribution in [0, 0.1) is 0 Å². The number of nitrogens with one attached hydrogen (secondary N) is 2. The maximum absolute atomic E-state index is 5.14. The zero-order valence-corrected chi connectivity index (χ0v) is 19.3. The van der Waals surface area contributed by atoms with Gasteiger partial charge in [0, 0.05) is 65.6 Å².